The van der Waals surface area contributed by atoms with E-state index in [1.54, 1.807) is 43.3 Å². The van der Waals surface area contributed by atoms with Gasteiger partial charge in [-0.25, -0.2) is 0 Å². The molecule has 1 fully saturated rings. The minimum absolute atomic E-state index is 0.295. The molecule has 3 rings (SSSR count). The van der Waals surface area contributed by atoms with Crippen LogP contribution < -0.4 is 5.32 Å². The van der Waals surface area contributed by atoms with Gasteiger partial charge in [0.25, 0.3) is 5.91 Å². The molecule has 6 heteroatoms. The number of halogens is 2. The predicted octanol–water partition coefficient (Wildman–Crippen LogP) is 4.80. The van der Waals surface area contributed by atoms with Crippen molar-refractivity contribution in [2.75, 3.05) is 5.32 Å². The van der Waals surface area contributed by atoms with Gasteiger partial charge in [-0.1, -0.05) is 48.0 Å². The fourth-order valence-electron chi connectivity index (χ4n) is 2.60. The van der Waals surface area contributed by atoms with Crippen LogP contribution in [0.3, 0.4) is 0 Å². The summed E-state index contributed by atoms with van der Waals surface area (Å²) in [5.74, 6) is -1.03. The minimum atomic E-state index is -1.15. The number of carbonyl (C=O) groups is 2. The molecule has 136 valence electrons. The van der Waals surface area contributed by atoms with Crippen LogP contribution in [0, 0.1) is 12.3 Å². The summed E-state index contributed by atoms with van der Waals surface area (Å²) in [5, 5.41) is 2.78. The molecule has 0 saturated heterocycles. The van der Waals surface area contributed by atoms with E-state index in [-0.39, 0.29) is 0 Å². The maximum atomic E-state index is 12.8. The molecular weight excluding hydrogens is 373 g/mol. The molecule has 2 atom stereocenters. The van der Waals surface area contributed by atoms with E-state index in [2.05, 4.69) is 5.32 Å². The van der Waals surface area contributed by atoms with Crippen molar-refractivity contribution >= 4 is 40.8 Å². The molecule has 1 amide bonds. The standard InChI is InChI=1S/C20H19Cl2NO3/c1-13-8-10-15(11-9-13)23-17(24)16(14-6-4-3-5-7-14)26-18(25)19(2)12-20(19,21)22/h3-11,16H,12H2,1-2H3,(H,23,24)/t16-,19+/m0/s1. The average molecular weight is 392 g/mol. The number of esters is 1. The topological polar surface area (TPSA) is 55.4 Å². The van der Waals surface area contributed by atoms with Crippen LogP contribution >= 0.6 is 23.2 Å². The first-order valence-corrected chi connectivity index (χ1v) is 9.00. The van der Waals surface area contributed by atoms with Crippen molar-refractivity contribution in [2.24, 2.45) is 5.41 Å². The van der Waals surface area contributed by atoms with E-state index in [4.69, 9.17) is 27.9 Å². The molecular formula is C20H19Cl2NO3. The van der Waals surface area contributed by atoms with Crippen molar-refractivity contribution in [1.29, 1.82) is 0 Å². The first kappa shape index (κ1) is 18.7. The Morgan fingerprint density at radius 1 is 1.08 bits per heavy atom. The highest BCUT2D eigenvalue weighted by atomic mass is 35.5. The SMILES string of the molecule is Cc1ccc(NC(=O)[C@@H](OC(=O)[C@@]2(C)CC2(Cl)Cl)c2ccccc2)cc1. The van der Waals surface area contributed by atoms with Crippen molar-refractivity contribution in [3.63, 3.8) is 0 Å². The largest absolute Gasteiger partial charge is 0.447 e. The van der Waals surface area contributed by atoms with E-state index in [9.17, 15) is 9.59 Å². The lowest BCUT2D eigenvalue weighted by Crippen LogP contribution is -2.30. The number of amides is 1. The summed E-state index contributed by atoms with van der Waals surface area (Å²) in [4.78, 5) is 25.3. The Morgan fingerprint density at radius 2 is 1.65 bits per heavy atom. The van der Waals surface area contributed by atoms with E-state index in [1.165, 1.54) is 0 Å². The lowest BCUT2D eigenvalue weighted by molar-refractivity contribution is -0.159. The van der Waals surface area contributed by atoms with Gasteiger partial charge < -0.3 is 10.1 Å². The van der Waals surface area contributed by atoms with Crippen LogP contribution in [0.2, 0.25) is 0 Å². The van der Waals surface area contributed by atoms with E-state index >= 15 is 0 Å². The first-order chi connectivity index (χ1) is 12.2. The van der Waals surface area contributed by atoms with Gasteiger partial charge in [0.1, 0.15) is 9.75 Å². The van der Waals surface area contributed by atoms with Gasteiger partial charge in [-0.05, 0) is 26.0 Å². The molecule has 2 aromatic carbocycles. The molecule has 26 heavy (non-hydrogen) atoms. The summed E-state index contributed by atoms with van der Waals surface area (Å²) in [6, 6.07) is 16.2. The van der Waals surface area contributed by atoms with Crippen LogP contribution in [-0.2, 0) is 14.3 Å². The molecule has 1 saturated carbocycles. The van der Waals surface area contributed by atoms with E-state index in [0.29, 0.717) is 17.7 Å². The van der Waals surface area contributed by atoms with Gasteiger partial charge in [-0.3, -0.25) is 9.59 Å². The number of benzene rings is 2. The number of hydrogen-bond acceptors (Lipinski definition) is 3. The summed E-state index contributed by atoms with van der Waals surface area (Å²) in [6.07, 6.45) is -0.796. The molecule has 0 heterocycles. The van der Waals surface area contributed by atoms with Crippen molar-refractivity contribution in [2.45, 2.75) is 30.7 Å². The van der Waals surface area contributed by atoms with Crippen molar-refractivity contribution in [3.05, 3.63) is 65.7 Å². The molecule has 1 aliphatic carbocycles. The number of ether oxygens (including phenoxy) is 1. The van der Waals surface area contributed by atoms with Gasteiger partial charge in [-0.2, -0.15) is 0 Å². The third-order valence-corrected chi connectivity index (χ3v) is 5.69. The lowest BCUT2D eigenvalue weighted by Gasteiger charge is -2.21. The third kappa shape index (κ3) is 3.71. The minimum Gasteiger partial charge on any atom is -0.447 e. The van der Waals surface area contributed by atoms with Gasteiger partial charge >= 0.3 is 5.97 Å². The molecule has 4 nitrogen and oxygen atoms in total. The molecule has 0 radical (unpaired) electrons. The van der Waals surface area contributed by atoms with Crippen LogP contribution in [0.15, 0.2) is 54.6 Å². The zero-order chi connectivity index (χ0) is 18.9. The fraction of sp³-hybridized carbons (Fsp3) is 0.300. The monoisotopic (exact) mass is 391 g/mol. The molecule has 0 bridgehead atoms. The van der Waals surface area contributed by atoms with Gasteiger partial charge in [0.05, 0.1) is 0 Å². The number of nitrogens with one attached hydrogen (secondary N) is 1. The number of aryl methyl sites for hydroxylation is 1. The number of anilines is 1. The summed E-state index contributed by atoms with van der Waals surface area (Å²) in [7, 11) is 0. The predicted molar refractivity (Wildman–Crippen MR) is 102 cm³/mol. The summed E-state index contributed by atoms with van der Waals surface area (Å²) in [5.41, 5.74) is 1.27. The molecule has 1 aliphatic rings. The highest BCUT2D eigenvalue weighted by Crippen LogP contribution is 2.64. The maximum Gasteiger partial charge on any atom is 0.316 e. The third-order valence-electron chi connectivity index (χ3n) is 4.59. The maximum absolute atomic E-state index is 12.8. The zero-order valence-corrected chi connectivity index (χ0v) is 16.0. The molecule has 0 unspecified atom stereocenters. The number of carbonyl (C=O) groups excluding carboxylic acids is 2. The summed E-state index contributed by atoms with van der Waals surface area (Å²) >= 11 is 12.1. The van der Waals surface area contributed by atoms with Crippen molar-refractivity contribution in [3.8, 4) is 0 Å². The van der Waals surface area contributed by atoms with Crippen LogP contribution in [0.5, 0.6) is 0 Å². The van der Waals surface area contributed by atoms with E-state index in [0.717, 1.165) is 5.56 Å². The number of rotatable bonds is 5. The second kappa shape index (κ2) is 6.93. The second-order valence-electron chi connectivity index (χ2n) is 6.76. The summed E-state index contributed by atoms with van der Waals surface area (Å²) in [6.45, 7) is 3.59. The molecule has 0 aromatic heterocycles. The Balaban J connectivity index is 1.81. The quantitative estimate of drug-likeness (QED) is 0.587. The Hall–Kier alpha value is -2.04. The van der Waals surface area contributed by atoms with Crippen molar-refractivity contribution in [1.82, 2.24) is 0 Å². The van der Waals surface area contributed by atoms with Gasteiger partial charge in [0.15, 0.2) is 0 Å². The Bertz CT molecular complexity index is 821. The number of alkyl halides is 2. The molecule has 1 N–H and O–H groups in total. The van der Waals surface area contributed by atoms with Crippen LogP contribution in [-0.4, -0.2) is 16.2 Å². The van der Waals surface area contributed by atoms with Crippen LogP contribution in [0.25, 0.3) is 0 Å². The normalized spacial score (nSPS) is 21.5. The fourth-order valence-corrected chi connectivity index (χ4v) is 3.29. The lowest BCUT2D eigenvalue weighted by atomic mass is 10.1. The Labute approximate surface area is 162 Å². The molecule has 0 spiro atoms. The summed E-state index contributed by atoms with van der Waals surface area (Å²) < 4.78 is 4.38. The second-order valence-corrected chi connectivity index (χ2v) is 8.25. The highest BCUT2D eigenvalue weighted by Gasteiger charge is 2.69. The van der Waals surface area contributed by atoms with Gasteiger partial charge in [0, 0.05) is 17.7 Å². The highest BCUT2D eigenvalue weighted by molar-refractivity contribution is 6.53. The smallest absolute Gasteiger partial charge is 0.316 e. The average Bonchev–Trinajstić information content (AvgIpc) is 3.14. The first-order valence-electron chi connectivity index (χ1n) is 8.24. The number of hydrogen-bond donors (Lipinski definition) is 1. The van der Waals surface area contributed by atoms with Crippen LogP contribution in [0.4, 0.5) is 5.69 Å². The van der Waals surface area contributed by atoms with Gasteiger partial charge in [-0.15, -0.1) is 23.2 Å². The zero-order valence-electron chi connectivity index (χ0n) is 14.5. The van der Waals surface area contributed by atoms with E-state index in [1.807, 2.05) is 25.1 Å². The molecule has 2 aromatic rings. The Kier molecular flexibility index (Phi) is 5.00. The van der Waals surface area contributed by atoms with Gasteiger partial charge in [0.2, 0.25) is 6.10 Å². The van der Waals surface area contributed by atoms with Crippen LogP contribution in [0.1, 0.15) is 30.6 Å². The van der Waals surface area contributed by atoms with E-state index < -0.39 is 27.7 Å². The Morgan fingerprint density at radius 3 is 2.19 bits per heavy atom. The van der Waals surface area contributed by atoms with Crippen molar-refractivity contribution < 1.29 is 14.3 Å². The molecule has 0 aliphatic heterocycles.